The second-order valence-corrected chi connectivity index (χ2v) is 5.04. The van der Waals surface area contributed by atoms with Crippen LogP contribution in [0, 0.1) is 0 Å². The summed E-state index contributed by atoms with van der Waals surface area (Å²) in [7, 11) is 0. The molecule has 102 valence electrons. The molecule has 19 heavy (non-hydrogen) atoms. The van der Waals surface area contributed by atoms with E-state index in [0.717, 1.165) is 29.9 Å². The van der Waals surface area contributed by atoms with Crippen LogP contribution in [0.25, 0.3) is 0 Å². The molecule has 0 bridgehead atoms. The highest BCUT2D eigenvalue weighted by Gasteiger charge is 2.25. The first-order chi connectivity index (χ1) is 9.24. The molecule has 1 atom stereocenters. The van der Waals surface area contributed by atoms with Crippen molar-refractivity contribution in [2.75, 3.05) is 6.79 Å². The molecule has 0 spiro atoms. The molecule has 3 rings (SSSR count). The number of nitrogens with one attached hydrogen (secondary N) is 2. The quantitative estimate of drug-likeness (QED) is 0.836. The predicted octanol–water partition coefficient (Wildman–Crippen LogP) is 1.17. The summed E-state index contributed by atoms with van der Waals surface area (Å²) in [4.78, 5) is 11.8. The zero-order chi connectivity index (χ0) is 13.2. The van der Waals surface area contributed by atoms with Gasteiger partial charge in [0.15, 0.2) is 11.5 Å². The van der Waals surface area contributed by atoms with E-state index in [1.165, 1.54) is 0 Å². The predicted molar refractivity (Wildman–Crippen MR) is 70.0 cm³/mol. The Bertz CT molecular complexity index is 486. The van der Waals surface area contributed by atoms with Gasteiger partial charge in [-0.15, -0.1) is 0 Å². The molecule has 0 radical (unpaired) electrons. The Morgan fingerprint density at radius 1 is 1.42 bits per heavy atom. The van der Waals surface area contributed by atoms with Gasteiger partial charge in [-0.3, -0.25) is 4.79 Å². The van der Waals surface area contributed by atoms with E-state index in [0.29, 0.717) is 12.6 Å². The number of hydrogen-bond donors (Lipinski definition) is 2. The van der Waals surface area contributed by atoms with Gasteiger partial charge < -0.3 is 20.1 Å². The maximum Gasteiger partial charge on any atom is 0.237 e. The zero-order valence-electron chi connectivity index (χ0n) is 10.9. The lowest BCUT2D eigenvalue weighted by atomic mass is 10.1. The van der Waals surface area contributed by atoms with E-state index in [9.17, 15) is 4.79 Å². The smallest absolute Gasteiger partial charge is 0.237 e. The number of fused-ring (bicyclic) bond motifs is 1. The minimum atomic E-state index is -0.209. The van der Waals surface area contributed by atoms with Crippen molar-refractivity contribution in [1.29, 1.82) is 0 Å². The lowest BCUT2D eigenvalue weighted by Crippen LogP contribution is -2.42. The third-order valence-electron chi connectivity index (χ3n) is 3.39. The number of carbonyl (C=O) groups excluding carboxylic acids is 1. The Balaban J connectivity index is 1.56. The number of para-hydroxylation sites is 1. The highest BCUT2D eigenvalue weighted by atomic mass is 16.7. The monoisotopic (exact) mass is 262 g/mol. The molecule has 1 aliphatic carbocycles. The molecular formula is C14H18N2O3. The Kier molecular flexibility index (Phi) is 3.29. The largest absolute Gasteiger partial charge is 0.454 e. The normalized spacial score (nSPS) is 18.2. The van der Waals surface area contributed by atoms with Crippen molar-refractivity contribution in [1.82, 2.24) is 10.6 Å². The molecule has 5 nitrogen and oxygen atoms in total. The van der Waals surface area contributed by atoms with Gasteiger partial charge in [-0.05, 0) is 25.8 Å². The summed E-state index contributed by atoms with van der Waals surface area (Å²) in [5.74, 6) is 1.62. The van der Waals surface area contributed by atoms with E-state index >= 15 is 0 Å². The Hall–Kier alpha value is -1.75. The Morgan fingerprint density at radius 3 is 3.05 bits per heavy atom. The highest BCUT2D eigenvalue weighted by molar-refractivity contribution is 5.81. The van der Waals surface area contributed by atoms with Crippen molar-refractivity contribution in [2.24, 2.45) is 0 Å². The van der Waals surface area contributed by atoms with Gasteiger partial charge in [0.05, 0.1) is 6.04 Å². The van der Waals surface area contributed by atoms with Crippen LogP contribution in [0.3, 0.4) is 0 Å². The minimum absolute atomic E-state index is 0.0623. The molecule has 1 aliphatic heterocycles. The van der Waals surface area contributed by atoms with Gasteiger partial charge in [-0.2, -0.15) is 0 Å². The van der Waals surface area contributed by atoms with Crippen molar-refractivity contribution >= 4 is 5.91 Å². The van der Waals surface area contributed by atoms with Crippen LogP contribution >= 0.6 is 0 Å². The molecule has 1 saturated carbocycles. The number of amides is 1. The van der Waals surface area contributed by atoms with E-state index in [1.54, 1.807) is 0 Å². The summed E-state index contributed by atoms with van der Waals surface area (Å²) in [6, 6.07) is 5.98. The maximum atomic E-state index is 11.8. The first-order valence-corrected chi connectivity index (χ1v) is 6.65. The van der Waals surface area contributed by atoms with Crippen molar-refractivity contribution in [3.05, 3.63) is 23.8 Å². The van der Waals surface area contributed by atoms with Crippen molar-refractivity contribution in [3.8, 4) is 11.5 Å². The molecule has 5 heteroatoms. The molecule has 1 fully saturated rings. The Morgan fingerprint density at radius 2 is 2.26 bits per heavy atom. The molecule has 1 heterocycles. The summed E-state index contributed by atoms with van der Waals surface area (Å²) in [5, 5.41) is 6.20. The number of rotatable bonds is 5. The summed E-state index contributed by atoms with van der Waals surface area (Å²) in [6.45, 7) is 2.73. The van der Waals surface area contributed by atoms with Crippen LogP contribution in [0.5, 0.6) is 11.5 Å². The third kappa shape index (κ3) is 2.81. The molecule has 1 unspecified atom stereocenters. The van der Waals surface area contributed by atoms with Crippen molar-refractivity contribution in [3.63, 3.8) is 0 Å². The fourth-order valence-electron chi connectivity index (χ4n) is 2.04. The molecule has 2 N–H and O–H groups in total. The van der Waals surface area contributed by atoms with Crippen LogP contribution in [0.15, 0.2) is 18.2 Å². The number of benzene rings is 1. The van der Waals surface area contributed by atoms with Gasteiger partial charge >= 0.3 is 0 Å². The summed E-state index contributed by atoms with van der Waals surface area (Å²) in [6.07, 6.45) is 2.21. The summed E-state index contributed by atoms with van der Waals surface area (Å²) < 4.78 is 10.8. The molecule has 0 aromatic heterocycles. The second kappa shape index (κ2) is 5.09. The zero-order valence-corrected chi connectivity index (χ0v) is 10.9. The van der Waals surface area contributed by atoms with Gasteiger partial charge in [0.25, 0.3) is 0 Å². The van der Waals surface area contributed by atoms with E-state index in [2.05, 4.69) is 10.6 Å². The average molecular weight is 262 g/mol. The lowest BCUT2D eigenvalue weighted by molar-refractivity contribution is -0.122. The van der Waals surface area contributed by atoms with Gasteiger partial charge in [-0.25, -0.2) is 0 Å². The van der Waals surface area contributed by atoms with E-state index in [-0.39, 0.29) is 18.7 Å². The number of hydrogen-bond acceptors (Lipinski definition) is 4. The van der Waals surface area contributed by atoms with Crippen LogP contribution in [0.4, 0.5) is 0 Å². The molecule has 1 aromatic rings. The average Bonchev–Trinajstić information content (AvgIpc) is 3.09. The van der Waals surface area contributed by atoms with Crippen molar-refractivity contribution < 1.29 is 14.3 Å². The van der Waals surface area contributed by atoms with Crippen LogP contribution in [0.1, 0.15) is 25.3 Å². The summed E-state index contributed by atoms with van der Waals surface area (Å²) >= 11 is 0. The first-order valence-electron chi connectivity index (χ1n) is 6.65. The maximum absolute atomic E-state index is 11.8. The van der Waals surface area contributed by atoms with E-state index < -0.39 is 0 Å². The van der Waals surface area contributed by atoms with Crippen molar-refractivity contribution in [2.45, 2.75) is 38.4 Å². The first kappa shape index (κ1) is 12.3. The fraction of sp³-hybridized carbons (Fsp3) is 0.500. The van der Waals surface area contributed by atoms with Crippen LogP contribution in [-0.4, -0.2) is 24.8 Å². The van der Waals surface area contributed by atoms with Gasteiger partial charge in [0, 0.05) is 18.2 Å². The molecule has 2 aliphatic rings. The standard InChI is InChI=1S/C14H18N2O3/c1-9(14(17)16-11-5-6-11)15-7-10-3-2-4-12-13(10)19-8-18-12/h2-4,9,11,15H,5-8H2,1H3,(H,16,17). The molecule has 1 aromatic carbocycles. The third-order valence-corrected chi connectivity index (χ3v) is 3.39. The number of ether oxygens (including phenoxy) is 2. The van der Waals surface area contributed by atoms with Crippen LogP contribution < -0.4 is 20.1 Å². The second-order valence-electron chi connectivity index (χ2n) is 5.04. The fourth-order valence-corrected chi connectivity index (χ4v) is 2.04. The molecule has 1 amide bonds. The van der Waals surface area contributed by atoms with Crippen LogP contribution in [0.2, 0.25) is 0 Å². The van der Waals surface area contributed by atoms with Gasteiger partial charge in [-0.1, -0.05) is 12.1 Å². The minimum Gasteiger partial charge on any atom is -0.454 e. The summed E-state index contributed by atoms with van der Waals surface area (Å²) in [5.41, 5.74) is 1.01. The van der Waals surface area contributed by atoms with Gasteiger partial charge in [0.1, 0.15) is 0 Å². The van der Waals surface area contributed by atoms with Gasteiger partial charge in [0.2, 0.25) is 12.7 Å². The lowest BCUT2D eigenvalue weighted by Gasteiger charge is -2.14. The Labute approximate surface area is 112 Å². The van der Waals surface area contributed by atoms with Crippen LogP contribution in [-0.2, 0) is 11.3 Å². The SMILES string of the molecule is CC(NCc1cccc2c1OCO2)C(=O)NC1CC1. The molecular weight excluding hydrogens is 244 g/mol. The number of carbonyl (C=O) groups is 1. The molecule has 0 saturated heterocycles. The topological polar surface area (TPSA) is 59.6 Å². The highest BCUT2D eigenvalue weighted by Crippen LogP contribution is 2.35. The van der Waals surface area contributed by atoms with E-state index in [1.807, 2.05) is 25.1 Å². The van der Waals surface area contributed by atoms with E-state index in [4.69, 9.17) is 9.47 Å².